The number of aromatic amines is 1. The highest BCUT2D eigenvalue weighted by atomic mass is 19.4. The van der Waals surface area contributed by atoms with E-state index in [-0.39, 0.29) is 11.3 Å². The number of carbonyl (C=O) groups excluding carboxylic acids is 1. The fraction of sp³-hybridized carbons (Fsp3) is 0.207. The molecular formula is C29H26F3N9O. The average molecular weight is 574 g/mol. The van der Waals surface area contributed by atoms with Gasteiger partial charge in [0.25, 0.3) is 5.91 Å². The summed E-state index contributed by atoms with van der Waals surface area (Å²) in [7, 11) is 0. The lowest BCUT2D eigenvalue weighted by atomic mass is 10.1. The first kappa shape index (κ1) is 27.0. The Kier molecular flexibility index (Phi) is 6.85. The molecule has 0 saturated heterocycles. The SMILES string of the molecule is Cc1cn(-c2cc(C(=O)Nc3cc(N(c4cc(NC5CC5)ncn4)c4ncc[nH]4)ccc3C)cc(C(F)(F)F)c2)cn1. The molecule has 1 saturated carbocycles. The molecule has 0 spiro atoms. The van der Waals surface area contributed by atoms with E-state index in [4.69, 9.17) is 0 Å². The van der Waals surface area contributed by atoms with E-state index in [0.717, 1.165) is 25.0 Å². The Balaban J connectivity index is 1.35. The van der Waals surface area contributed by atoms with Gasteiger partial charge in [0.1, 0.15) is 18.0 Å². The quantitative estimate of drug-likeness (QED) is 0.199. The van der Waals surface area contributed by atoms with Crippen LogP contribution in [0.25, 0.3) is 5.69 Å². The van der Waals surface area contributed by atoms with E-state index in [0.29, 0.717) is 46.3 Å². The number of halogens is 3. The number of aryl methyl sites for hydroxylation is 2. The molecule has 42 heavy (non-hydrogen) atoms. The molecule has 13 heteroatoms. The summed E-state index contributed by atoms with van der Waals surface area (Å²) >= 11 is 0. The molecule has 214 valence electrons. The topological polar surface area (TPSA) is 117 Å². The maximum atomic E-state index is 13.8. The third kappa shape index (κ3) is 5.80. The highest BCUT2D eigenvalue weighted by molar-refractivity contribution is 6.05. The van der Waals surface area contributed by atoms with Crippen LogP contribution in [0.1, 0.15) is 40.0 Å². The Bertz CT molecular complexity index is 1740. The molecule has 1 aliphatic carbocycles. The summed E-state index contributed by atoms with van der Waals surface area (Å²) in [5.41, 5.74) is 1.45. The summed E-state index contributed by atoms with van der Waals surface area (Å²) in [6.07, 6.45) is 5.25. The van der Waals surface area contributed by atoms with E-state index in [1.165, 1.54) is 23.3 Å². The highest BCUT2D eigenvalue weighted by Crippen LogP contribution is 2.36. The number of hydrogen-bond acceptors (Lipinski definition) is 7. The predicted molar refractivity (Wildman–Crippen MR) is 151 cm³/mol. The van der Waals surface area contributed by atoms with E-state index >= 15 is 0 Å². The fourth-order valence-corrected chi connectivity index (χ4v) is 4.42. The predicted octanol–water partition coefficient (Wildman–Crippen LogP) is 6.32. The van der Waals surface area contributed by atoms with Gasteiger partial charge in [-0.15, -0.1) is 0 Å². The summed E-state index contributed by atoms with van der Waals surface area (Å²) in [6.45, 7) is 3.52. The van der Waals surface area contributed by atoms with Crippen molar-refractivity contribution in [2.75, 3.05) is 15.5 Å². The number of rotatable bonds is 8. The minimum Gasteiger partial charge on any atom is -0.367 e. The third-order valence-corrected chi connectivity index (χ3v) is 6.75. The van der Waals surface area contributed by atoms with E-state index in [9.17, 15) is 18.0 Å². The number of imidazole rings is 2. The van der Waals surface area contributed by atoms with Crippen LogP contribution in [0.15, 0.2) is 73.7 Å². The van der Waals surface area contributed by atoms with Crippen molar-refractivity contribution in [2.45, 2.75) is 38.9 Å². The van der Waals surface area contributed by atoms with Gasteiger partial charge in [0.2, 0.25) is 5.95 Å². The molecule has 3 aromatic heterocycles. The zero-order valence-electron chi connectivity index (χ0n) is 22.6. The van der Waals surface area contributed by atoms with Crippen molar-refractivity contribution in [3.8, 4) is 5.69 Å². The van der Waals surface area contributed by atoms with Gasteiger partial charge in [-0.25, -0.2) is 19.9 Å². The minimum atomic E-state index is -4.65. The second kappa shape index (κ2) is 10.7. The largest absolute Gasteiger partial charge is 0.416 e. The van der Waals surface area contributed by atoms with Crippen LogP contribution >= 0.6 is 0 Å². The Morgan fingerprint density at radius 1 is 1.05 bits per heavy atom. The number of anilines is 5. The van der Waals surface area contributed by atoms with E-state index < -0.39 is 17.6 Å². The van der Waals surface area contributed by atoms with Gasteiger partial charge in [0.15, 0.2) is 0 Å². The Morgan fingerprint density at radius 3 is 2.57 bits per heavy atom. The van der Waals surface area contributed by atoms with Gasteiger partial charge in [-0.3, -0.25) is 9.69 Å². The number of amides is 1. The van der Waals surface area contributed by atoms with Crippen molar-refractivity contribution in [2.24, 2.45) is 0 Å². The van der Waals surface area contributed by atoms with Crippen LogP contribution < -0.4 is 15.5 Å². The van der Waals surface area contributed by atoms with Gasteiger partial charge >= 0.3 is 6.18 Å². The van der Waals surface area contributed by atoms with Gasteiger partial charge in [0.05, 0.1) is 23.3 Å². The number of nitrogens with zero attached hydrogens (tertiary/aromatic N) is 6. The first-order chi connectivity index (χ1) is 20.1. The summed E-state index contributed by atoms with van der Waals surface area (Å²) < 4.78 is 42.8. The number of carbonyl (C=O) groups is 1. The molecule has 5 aromatic rings. The molecule has 1 amide bonds. The van der Waals surface area contributed by atoms with Crippen LogP contribution in [0.5, 0.6) is 0 Å². The maximum absolute atomic E-state index is 13.8. The van der Waals surface area contributed by atoms with E-state index in [1.807, 2.05) is 6.07 Å². The minimum absolute atomic E-state index is 0.148. The molecule has 3 N–H and O–H groups in total. The monoisotopic (exact) mass is 573 g/mol. The molecule has 0 aliphatic heterocycles. The van der Waals surface area contributed by atoms with Crippen molar-refractivity contribution in [3.05, 3.63) is 96.1 Å². The van der Waals surface area contributed by atoms with Crippen molar-refractivity contribution in [1.82, 2.24) is 29.5 Å². The zero-order valence-corrected chi connectivity index (χ0v) is 22.6. The van der Waals surface area contributed by atoms with Gasteiger partial charge in [-0.05, 0) is 62.6 Å². The van der Waals surface area contributed by atoms with Crippen molar-refractivity contribution in [3.63, 3.8) is 0 Å². The number of benzene rings is 2. The van der Waals surface area contributed by atoms with Crippen LogP contribution in [-0.4, -0.2) is 41.4 Å². The van der Waals surface area contributed by atoms with Crippen molar-refractivity contribution >= 4 is 34.9 Å². The molecule has 0 radical (unpaired) electrons. The fourth-order valence-electron chi connectivity index (χ4n) is 4.42. The lowest BCUT2D eigenvalue weighted by molar-refractivity contribution is -0.137. The summed E-state index contributed by atoms with van der Waals surface area (Å²) in [6, 6.07) is 10.8. The molecule has 0 unspecified atom stereocenters. The molecule has 10 nitrogen and oxygen atoms in total. The van der Waals surface area contributed by atoms with Crippen LogP contribution in [0.3, 0.4) is 0 Å². The lowest BCUT2D eigenvalue weighted by Crippen LogP contribution is -2.17. The number of alkyl halides is 3. The summed E-state index contributed by atoms with van der Waals surface area (Å²) in [5.74, 6) is 0.989. The van der Waals surface area contributed by atoms with Crippen LogP contribution in [0.2, 0.25) is 0 Å². The third-order valence-electron chi connectivity index (χ3n) is 6.75. The number of nitrogens with one attached hydrogen (secondary N) is 3. The van der Waals surface area contributed by atoms with Crippen LogP contribution in [0, 0.1) is 13.8 Å². The van der Waals surface area contributed by atoms with Crippen molar-refractivity contribution in [1.29, 1.82) is 0 Å². The smallest absolute Gasteiger partial charge is 0.367 e. The van der Waals surface area contributed by atoms with Crippen LogP contribution in [0.4, 0.5) is 42.1 Å². The molecule has 1 aliphatic rings. The van der Waals surface area contributed by atoms with E-state index in [2.05, 4.69) is 35.6 Å². The zero-order chi connectivity index (χ0) is 29.4. The molecule has 6 rings (SSSR count). The normalized spacial score (nSPS) is 13.2. The summed E-state index contributed by atoms with van der Waals surface area (Å²) in [4.78, 5) is 35.5. The number of hydrogen-bond donors (Lipinski definition) is 3. The lowest BCUT2D eigenvalue weighted by Gasteiger charge is -2.23. The van der Waals surface area contributed by atoms with Gasteiger partial charge in [0, 0.05) is 47.6 Å². The van der Waals surface area contributed by atoms with Gasteiger partial charge in [-0.1, -0.05) is 6.07 Å². The van der Waals surface area contributed by atoms with Crippen LogP contribution in [-0.2, 0) is 6.18 Å². The first-order valence-corrected chi connectivity index (χ1v) is 13.2. The molecule has 1 fully saturated rings. The Hall–Kier alpha value is -5.20. The molecule has 3 heterocycles. The molecule has 2 aromatic carbocycles. The number of H-pyrrole nitrogens is 1. The average Bonchev–Trinajstić information content (AvgIpc) is 3.40. The van der Waals surface area contributed by atoms with Gasteiger partial charge < -0.3 is 20.2 Å². The first-order valence-electron chi connectivity index (χ1n) is 13.2. The Morgan fingerprint density at radius 2 is 1.88 bits per heavy atom. The summed E-state index contributed by atoms with van der Waals surface area (Å²) in [5, 5.41) is 6.15. The molecule has 0 atom stereocenters. The molecule has 0 bridgehead atoms. The standard InChI is InChI=1S/C29H26F3N9O/c1-17-3-6-22(41(28-33-7-8-34-28)26-13-25(35-15-36-26)38-21-4-5-21)12-24(17)39-27(42)19-9-20(29(30,31)32)11-23(10-19)40-14-18(2)37-16-40/h3,6-16,21H,4-5H2,1-2H3,(H,33,34)(H,39,42)(H,35,36,38). The van der Waals surface area contributed by atoms with Crippen molar-refractivity contribution < 1.29 is 18.0 Å². The number of aromatic nitrogens is 6. The maximum Gasteiger partial charge on any atom is 0.416 e. The Labute approximate surface area is 238 Å². The second-order valence-electron chi connectivity index (χ2n) is 10.1. The van der Waals surface area contributed by atoms with E-state index in [1.54, 1.807) is 55.5 Å². The molecular weight excluding hydrogens is 547 g/mol. The highest BCUT2D eigenvalue weighted by Gasteiger charge is 2.32. The second-order valence-corrected chi connectivity index (χ2v) is 10.1. The van der Waals surface area contributed by atoms with Gasteiger partial charge in [-0.2, -0.15) is 13.2 Å².